The van der Waals surface area contributed by atoms with Crippen LogP contribution in [0.4, 0.5) is 5.69 Å². The highest BCUT2D eigenvalue weighted by Gasteiger charge is 2.42. The van der Waals surface area contributed by atoms with Crippen molar-refractivity contribution in [3.8, 4) is 0 Å². The first-order chi connectivity index (χ1) is 14.5. The molecule has 1 atom stereocenters. The molecule has 30 heavy (non-hydrogen) atoms. The van der Waals surface area contributed by atoms with E-state index in [9.17, 15) is 0 Å². The normalized spacial score (nSPS) is 18.4. The second kappa shape index (κ2) is 7.49. The smallest absolute Gasteiger partial charge is 0.145 e. The number of benzene rings is 2. The fraction of sp³-hybridized carbons (Fsp3) is 0.360. The average molecular weight is 401 g/mol. The zero-order valence-electron chi connectivity index (χ0n) is 17.6. The Kier molecular flexibility index (Phi) is 4.80. The van der Waals surface area contributed by atoms with Gasteiger partial charge in [0.1, 0.15) is 5.82 Å². The molecule has 1 saturated heterocycles. The number of nitrogens with two attached hydrogens (primary N) is 1. The zero-order valence-corrected chi connectivity index (χ0v) is 17.6. The number of fused-ring (bicyclic) bond motifs is 1. The van der Waals surface area contributed by atoms with Crippen molar-refractivity contribution < 1.29 is 4.74 Å². The van der Waals surface area contributed by atoms with Crippen molar-refractivity contribution in [3.63, 3.8) is 0 Å². The third-order valence-electron chi connectivity index (χ3n) is 6.46. The first kappa shape index (κ1) is 19.2. The fourth-order valence-corrected chi connectivity index (χ4v) is 4.43. The lowest BCUT2D eigenvalue weighted by Gasteiger charge is -2.43. The van der Waals surface area contributed by atoms with E-state index in [2.05, 4.69) is 65.3 Å². The summed E-state index contributed by atoms with van der Waals surface area (Å²) in [5, 5.41) is 0. The first-order valence-electron chi connectivity index (χ1n) is 10.7. The van der Waals surface area contributed by atoms with Crippen LogP contribution in [0.1, 0.15) is 46.7 Å². The van der Waals surface area contributed by atoms with Crippen LogP contribution in [0.15, 0.2) is 54.7 Å². The molecule has 0 radical (unpaired) electrons. The molecule has 1 unspecified atom stereocenters. The van der Waals surface area contributed by atoms with E-state index in [-0.39, 0.29) is 11.5 Å². The van der Waals surface area contributed by atoms with E-state index in [1.165, 1.54) is 27.9 Å². The average Bonchev–Trinajstić information content (AvgIpc) is 2.74. The van der Waals surface area contributed by atoms with E-state index in [0.29, 0.717) is 0 Å². The van der Waals surface area contributed by atoms with E-state index in [4.69, 9.17) is 15.5 Å². The van der Waals surface area contributed by atoms with E-state index in [1.54, 1.807) is 0 Å². The summed E-state index contributed by atoms with van der Waals surface area (Å²) in [5.41, 5.74) is 13.4. The van der Waals surface area contributed by atoms with Crippen LogP contribution in [0.3, 0.4) is 0 Å². The lowest BCUT2D eigenvalue weighted by atomic mass is 9.73. The third-order valence-corrected chi connectivity index (χ3v) is 6.46. The van der Waals surface area contributed by atoms with E-state index >= 15 is 0 Å². The SMILES string of the molecule is Cc1ccc(C2(c3ccc(N4CCc5cnc(C(C)N)nc5C4)cc3)COC2)cc1. The Morgan fingerprint density at radius 1 is 1.03 bits per heavy atom. The Morgan fingerprint density at radius 2 is 1.70 bits per heavy atom. The topological polar surface area (TPSA) is 64.3 Å². The molecular weight excluding hydrogens is 372 g/mol. The van der Waals surface area contributed by atoms with Gasteiger partial charge in [0.15, 0.2) is 0 Å². The van der Waals surface area contributed by atoms with Crippen molar-refractivity contribution in [2.24, 2.45) is 5.73 Å². The highest BCUT2D eigenvalue weighted by atomic mass is 16.5. The Labute approximate surface area is 177 Å². The van der Waals surface area contributed by atoms with Crippen molar-refractivity contribution in [1.82, 2.24) is 9.97 Å². The second-order valence-corrected chi connectivity index (χ2v) is 8.65. The molecule has 0 amide bonds. The summed E-state index contributed by atoms with van der Waals surface area (Å²) in [7, 11) is 0. The minimum absolute atomic E-state index is 0.0277. The van der Waals surface area contributed by atoms with Crippen molar-refractivity contribution in [3.05, 3.63) is 88.5 Å². The first-order valence-corrected chi connectivity index (χ1v) is 10.7. The molecule has 2 N–H and O–H groups in total. The van der Waals surface area contributed by atoms with Gasteiger partial charge in [-0.15, -0.1) is 0 Å². The molecule has 1 fully saturated rings. The molecule has 5 nitrogen and oxygen atoms in total. The number of aryl methyl sites for hydroxylation is 1. The standard InChI is InChI=1S/C25H28N4O/c1-17-3-5-20(6-4-17)25(15-30-16-25)21-7-9-22(10-8-21)29-12-11-19-13-27-24(18(2)26)28-23(19)14-29/h3-10,13,18H,11-12,14-16,26H2,1-2H3. The summed E-state index contributed by atoms with van der Waals surface area (Å²) < 4.78 is 5.66. The van der Waals surface area contributed by atoms with Gasteiger partial charge in [-0.2, -0.15) is 0 Å². The van der Waals surface area contributed by atoms with Crippen LogP contribution in [-0.4, -0.2) is 29.7 Å². The summed E-state index contributed by atoms with van der Waals surface area (Å²) in [5.74, 6) is 0.718. The largest absolute Gasteiger partial charge is 0.379 e. The molecule has 3 aromatic rings. The second-order valence-electron chi connectivity index (χ2n) is 8.65. The van der Waals surface area contributed by atoms with Gasteiger partial charge in [-0.1, -0.05) is 42.0 Å². The van der Waals surface area contributed by atoms with E-state index < -0.39 is 0 Å². The molecule has 5 rings (SSSR count). The Morgan fingerprint density at radius 3 is 2.30 bits per heavy atom. The molecule has 3 heterocycles. The van der Waals surface area contributed by atoms with Gasteiger partial charge >= 0.3 is 0 Å². The Balaban J connectivity index is 1.39. The number of anilines is 1. The van der Waals surface area contributed by atoms with Gasteiger partial charge in [0.05, 0.1) is 36.9 Å². The van der Waals surface area contributed by atoms with Crippen LogP contribution < -0.4 is 10.6 Å². The number of aromatic nitrogens is 2. The van der Waals surface area contributed by atoms with Crippen molar-refractivity contribution in [2.75, 3.05) is 24.7 Å². The van der Waals surface area contributed by atoms with E-state index in [0.717, 1.165) is 44.2 Å². The molecule has 0 spiro atoms. The predicted octanol–water partition coefficient (Wildman–Crippen LogP) is 3.68. The van der Waals surface area contributed by atoms with Crippen LogP contribution >= 0.6 is 0 Å². The molecule has 2 aliphatic rings. The minimum atomic E-state index is -0.146. The van der Waals surface area contributed by atoms with Crippen molar-refractivity contribution in [1.29, 1.82) is 0 Å². The van der Waals surface area contributed by atoms with Gasteiger partial charge in [-0.05, 0) is 49.1 Å². The quantitative estimate of drug-likeness (QED) is 0.724. The number of rotatable bonds is 4. The molecule has 2 aliphatic heterocycles. The highest BCUT2D eigenvalue weighted by molar-refractivity contribution is 5.53. The van der Waals surface area contributed by atoms with Gasteiger partial charge < -0.3 is 15.4 Å². The third kappa shape index (κ3) is 3.28. The summed E-state index contributed by atoms with van der Waals surface area (Å²) in [6, 6.07) is 17.7. The minimum Gasteiger partial charge on any atom is -0.379 e. The summed E-state index contributed by atoms with van der Waals surface area (Å²) >= 11 is 0. The van der Waals surface area contributed by atoms with Crippen LogP contribution in [0.2, 0.25) is 0 Å². The number of nitrogens with zero attached hydrogens (tertiary/aromatic N) is 3. The maximum absolute atomic E-state index is 5.98. The molecule has 0 saturated carbocycles. The zero-order chi connectivity index (χ0) is 20.7. The maximum atomic E-state index is 5.98. The number of ether oxygens (including phenoxy) is 1. The molecule has 0 aliphatic carbocycles. The molecule has 2 aromatic carbocycles. The molecule has 5 heteroatoms. The van der Waals surface area contributed by atoms with Crippen molar-refractivity contribution >= 4 is 5.69 Å². The van der Waals surface area contributed by atoms with Crippen LogP contribution in [0.25, 0.3) is 0 Å². The monoisotopic (exact) mass is 400 g/mol. The lowest BCUT2D eigenvalue weighted by Crippen LogP contribution is -2.47. The van der Waals surface area contributed by atoms with Gasteiger partial charge in [-0.25, -0.2) is 9.97 Å². The maximum Gasteiger partial charge on any atom is 0.145 e. The van der Waals surface area contributed by atoms with Gasteiger partial charge in [0, 0.05) is 18.4 Å². The summed E-state index contributed by atoms with van der Waals surface area (Å²) in [6.45, 7) is 7.30. The van der Waals surface area contributed by atoms with Gasteiger partial charge in [0.2, 0.25) is 0 Å². The summed E-state index contributed by atoms with van der Waals surface area (Å²) in [4.78, 5) is 11.5. The molecule has 154 valence electrons. The lowest BCUT2D eigenvalue weighted by molar-refractivity contribution is -0.0379. The summed E-state index contributed by atoms with van der Waals surface area (Å²) in [6.07, 6.45) is 2.90. The number of hydrogen-bond acceptors (Lipinski definition) is 5. The van der Waals surface area contributed by atoms with E-state index in [1.807, 2.05) is 13.1 Å². The van der Waals surface area contributed by atoms with Crippen LogP contribution in [0, 0.1) is 6.92 Å². The van der Waals surface area contributed by atoms with Gasteiger partial charge in [-0.3, -0.25) is 0 Å². The van der Waals surface area contributed by atoms with Crippen LogP contribution in [-0.2, 0) is 23.1 Å². The number of hydrogen-bond donors (Lipinski definition) is 1. The predicted molar refractivity (Wildman–Crippen MR) is 119 cm³/mol. The Hall–Kier alpha value is -2.76. The van der Waals surface area contributed by atoms with Crippen LogP contribution in [0.5, 0.6) is 0 Å². The molecular formula is C25H28N4O. The fourth-order valence-electron chi connectivity index (χ4n) is 4.43. The highest BCUT2D eigenvalue weighted by Crippen LogP contribution is 2.40. The van der Waals surface area contributed by atoms with Gasteiger partial charge in [0.25, 0.3) is 0 Å². The Bertz CT molecular complexity index is 1040. The van der Waals surface area contributed by atoms with Crippen molar-refractivity contribution in [2.45, 2.75) is 38.3 Å². The molecule has 0 bridgehead atoms. The molecule has 1 aromatic heterocycles.